The summed E-state index contributed by atoms with van der Waals surface area (Å²) in [5.41, 5.74) is 6.95. The van der Waals surface area contributed by atoms with Crippen molar-refractivity contribution in [1.82, 2.24) is 9.88 Å². The van der Waals surface area contributed by atoms with E-state index in [1.807, 2.05) is 23.6 Å². The summed E-state index contributed by atoms with van der Waals surface area (Å²) < 4.78 is 1.88. The largest absolute Gasteiger partial charge is 0.398 e. The molecule has 1 amide bonds. The Morgan fingerprint density at radius 2 is 2.09 bits per heavy atom. The van der Waals surface area contributed by atoms with Gasteiger partial charge in [0.2, 0.25) is 5.43 Å². The number of aryl methyl sites for hydroxylation is 1. The zero-order valence-electron chi connectivity index (χ0n) is 13.3. The Morgan fingerprint density at radius 3 is 2.73 bits per heavy atom. The molecule has 1 heterocycles. The number of benzene rings is 1. The van der Waals surface area contributed by atoms with Crippen LogP contribution in [0.1, 0.15) is 37.6 Å². The number of carbonyl (C=O) groups excluding carboxylic acids is 1. The number of anilines is 1. The number of pyridine rings is 1. The van der Waals surface area contributed by atoms with Gasteiger partial charge < -0.3 is 15.6 Å². The molecule has 3 N–H and O–H groups in total. The standard InChI is InChI=1S/C17H23N3O2/c1-4-20-10-12(17(22)19-9-8-11(2)3)16(21)15-13(18)6-5-7-14(15)20/h5-7,10-11H,4,8-9,18H2,1-3H3,(H,19,22). The normalized spacial score (nSPS) is 11.1. The lowest BCUT2D eigenvalue weighted by molar-refractivity contribution is 0.0950. The SMILES string of the molecule is CCn1cc(C(=O)NCCC(C)C)c(=O)c2c(N)cccc21. The summed E-state index contributed by atoms with van der Waals surface area (Å²) in [7, 11) is 0. The Hall–Kier alpha value is -2.30. The third kappa shape index (κ3) is 3.13. The van der Waals surface area contributed by atoms with Gasteiger partial charge in [-0.2, -0.15) is 0 Å². The van der Waals surface area contributed by atoms with Crippen LogP contribution < -0.4 is 16.5 Å². The minimum Gasteiger partial charge on any atom is -0.398 e. The Balaban J connectivity index is 2.46. The number of carbonyl (C=O) groups is 1. The highest BCUT2D eigenvalue weighted by atomic mass is 16.2. The highest BCUT2D eigenvalue weighted by Gasteiger charge is 2.16. The molecule has 1 aromatic carbocycles. The van der Waals surface area contributed by atoms with Crippen LogP contribution in [0.3, 0.4) is 0 Å². The minimum absolute atomic E-state index is 0.149. The maximum absolute atomic E-state index is 12.6. The van der Waals surface area contributed by atoms with Crippen LogP contribution in [0.4, 0.5) is 5.69 Å². The fraction of sp³-hybridized carbons (Fsp3) is 0.412. The number of amides is 1. The lowest BCUT2D eigenvalue weighted by Gasteiger charge is -2.13. The molecule has 0 bridgehead atoms. The molecule has 5 heteroatoms. The minimum atomic E-state index is -0.335. The van der Waals surface area contributed by atoms with Gasteiger partial charge in [-0.25, -0.2) is 0 Å². The van der Waals surface area contributed by atoms with Gasteiger partial charge in [-0.15, -0.1) is 0 Å². The van der Waals surface area contributed by atoms with Gasteiger partial charge in [0.25, 0.3) is 5.91 Å². The number of nitrogens with two attached hydrogens (primary N) is 1. The number of hydrogen-bond acceptors (Lipinski definition) is 3. The number of nitrogen functional groups attached to an aromatic ring is 1. The van der Waals surface area contributed by atoms with E-state index in [1.54, 1.807) is 12.3 Å². The quantitative estimate of drug-likeness (QED) is 0.832. The molecule has 22 heavy (non-hydrogen) atoms. The first kappa shape index (κ1) is 16.1. The van der Waals surface area contributed by atoms with E-state index in [0.717, 1.165) is 11.9 Å². The van der Waals surface area contributed by atoms with Crippen LogP contribution in [0.15, 0.2) is 29.2 Å². The van der Waals surface area contributed by atoms with Crippen molar-refractivity contribution in [2.45, 2.75) is 33.7 Å². The van der Waals surface area contributed by atoms with E-state index >= 15 is 0 Å². The summed E-state index contributed by atoms with van der Waals surface area (Å²) in [6, 6.07) is 5.34. The topological polar surface area (TPSA) is 77.1 Å². The van der Waals surface area contributed by atoms with Gasteiger partial charge in [0.15, 0.2) is 0 Å². The second-order valence-corrected chi connectivity index (χ2v) is 5.84. The van der Waals surface area contributed by atoms with E-state index in [1.165, 1.54) is 0 Å². The van der Waals surface area contributed by atoms with Gasteiger partial charge in [-0.3, -0.25) is 9.59 Å². The van der Waals surface area contributed by atoms with Crippen LogP contribution in [-0.2, 0) is 6.54 Å². The third-order valence-corrected chi connectivity index (χ3v) is 3.73. The highest BCUT2D eigenvalue weighted by Crippen LogP contribution is 2.18. The Bertz CT molecular complexity index is 747. The summed E-state index contributed by atoms with van der Waals surface area (Å²) in [5, 5.41) is 3.23. The van der Waals surface area contributed by atoms with E-state index < -0.39 is 0 Å². The molecule has 0 radical (unpaired) electrons. The molecular weight excluding hydrogens is 278 g/mol. The molecule has 5 nitrogen and oxygen atoms in total. The van der Waals surface area contributed by atoms with Crippen molar-refractivity contribution in [2.24, 2.45) is 5.92 Å². The van der Waals surface area contributed by atoms with Crippen LogP contribution in [0.25, 0.3) is 10.9 Å². The molecule has 0 saturated heterocycles. The molecule has 2 rings (SSSR count). The zero-order valence-corrected chi connectivity index (χ0v) is 13.3. The number of hydrogen-bond donors (Lipinski definition) is 2. The Kier molecular flexibility index (Phi) is 4.85. The predicted molar refractivity (Wildman–Crippen MR) is 90.1 cm³/mol. The van der Waals surface area contributed by atoms with E-state index in [0.29, 0.717) is 30.1 Å². The molecule has 2 aromatic rings. The van der Waals surface area contributed by atoms with Crippen molar-refractivity contribution < 1.29 is 4.79 Å². The predicted octanol–water partition coefficient (Wildman–Crippen LogP) is 2.38. The first-order valence-corrected chi connectivity index (χ1v) is 7.65. The van der Waals surface area contributed by atoms with E-state index in [4.69, 9.17) is 5.73 Å². The number of nitrogens with zero attached hydrogens (tertiary/aromatic N) is 1. The third-order valence-electron chi connectivity index (χ3n) is 3.73. The molecule has 0 fully saturated rings. The molecule has 0 aliphatic carbocycles. The lowest BCUT2D eigenvalue weighted by Crippen LogP contribution is -2.31. The second kappa shape index (κ2) is 6.64. The Labute approximate surface area is 130 Å². The van der Waals surface area contributed by atoms with Crippen molar-refractivity contribution in [1.29, 1.82) is 0 Å². The van der Waals surface area contributed by atoms with Gasteiger partial charge in [0, 0.05) is 25.0 Å². The van der Waals surface area contributed by atoms with Crippen LogP contribution in [-0.4, -0.2) is 17.0 Å². The number of rotatable bonds is 5. The first-order valence-electron chi connectivity index (χ1n) is 7.65. The smallest absolute Gasteiger partial charge is 0.256 e. The van der Waals surface area contributed by atoms with Crippen molar-refractivity contribution in [3.05, 3.63) is 40.2 Å². The number of aromatic nitrogens is 1. The lowest BCUT2D eigenvalue weighted by atomic mass is 10.1. The molecule has 0 saturated carbocycles. The summed E-state index contributed by atoms with van der Waals surface area (Å²) in [4.78, 5) is 24.9. The van der Waals surface area contributed by atoms with Gasteiger partial charge in [0.1, 0.15) is 5.56 Å². The first-order chi connectivity index (χ1) is 10.5. The van der Waals surface area contributed by atoms with Crippen LogP contribution in [0.5, 0.6) is 0 Å². The van der Waals surface area contributed by atoms with Crippen LogP contribution in [0.2, 0.25) is 0 Å². The molecule has 1 aromatic heterocycles. The molecule has 0 atom stereocenters. The fourth-order valence-corrected chi connectivity index (χ4v) is 2.46. The van der Waals surface area contributed by atoms with Crippen molar-refractivity contribution in [2.75, 3.05) is 12.3 Å². The fourth-order valence-electron chi connectivity index (χ4n) is 2.46. The van der Waals surface area contributed by atoms with E-state index in [-0.39, 0.29) is 16.9 Å². The van der Waals surface area contributed by atoms with Crippen molar-refractivity contribution in [3.8, 4) is 0 Å². The molecule has 0 spiro atoms. The summed E-state index contributed by atoms with van der Waals surface area (Å²) in [5.74, 6) is 0.165. The average molecular weight is 301 g/mol. The van der Waals surface area contributed by atoms with Gasteiger partial charge in [-0.1, -0.05) is 19.9 Å². The summed E-state index contributed by atoms with van der Waals surface area (Å²) in [6.45, 7) is 7.37. The van der Waals surface area contributed by atoms with Crippen molar-refractivity contribution in [3.63, 3.8) is 0 Å². The molecule has 0 aliphatic heterocycles. The van der Waals surface area contributed by atoms with E-state index in [9.17, 15) is 9.59 Å². The zero-order chi connectivity index (χ0) is 16.3. The molecule has 0 aliphatic rings. The maximum atomic E-state index is 12.6. The Morgan fingerprint density at radius 1 is 1.36 bits per heavy atom. The maximum Gasteiger partial charge on any atom is 0.256 e. The van der Waals surface area contributed by atoms with Gasteiger partial charge in [-0.05, 0) is 31.4 Å². The molecule has 0 unspecified atom stereocenters. The number of fused-ring (bicyclic) bond motifs is 1. The summed E-state index contributed by atoms with van der Waals surface area (Å²) >= 11 is 0. The second-order valence-electron chi connectivity index (χ2n) is 5.84. The molecule has 118 valence electrons. The van der Waals surface area contributed by atoms with Crippen molar-refractivity contribution >= 4 is 22.5 Å². The van der Waals surface area contributed by atoms with E-state index in [2.05, 4.69) is 19.2 Å². The van der Waals surface area contributed by atoms with Crippen LogP contribution >= 0.6 is 0 Å². The molecular formula is C17H23N3O2. The summed E-state index contributed by atoms with van der Waals surface area (Å²) in [6.07, 6.45) is 2.50. The van der Waals surface area contributed by atoms with Gasteiger partial charge >= 0.3 is 0 Å². The van der Waals surface area contributed by atoms with Gasteiger partial charge in [0.05, 0.1) is 10.9 Å². The monoisotopic (exact) mass is 301 g/mol. The average Bonchev–Trinajstić information content (AvgIpc) is 2.47. The highest BCUT2D eigenvalue weighted by molar-refractivity contribution is 6.00. The number of nitrogens with one attached hydrogen (secondary N) is 1. The van der Waals surface area contributed by atoms with Crippen LogP contribution in [0, 0.1) is 5.92 Å².